The molecule has 0 bridgehead atoms. The van der Waals surface area contributed by atoms with Crippen LogP contribution in [0.1, 0.15) is 18.4 Å². The van der Waals surface area contributed by atoms with Crippen LogP contribution >= 0.6 is 11.6 Å². The molecule has 2 aliphatic heterocycles. The minimum absolute atomic E-state index is 0.0428. The molecule has 0 unspecified atom stereocenters. The van der Waals surface area contributed by atoms with Crippen molar-refractivity contribution in [2.75, 3.05) is 59.2 Å². The summed E-state index contributed by atoms with van der Waals surface area (Å²) in [6.45, 7) is 3.80. The molecule has 10 heteroatoms. The van der Waals surface area contributed by atoms with Gasteiger partial charge in [-0.3, -0.25) is 4.79 Å². The standard InChI is InChI=1S/C26H28ClFN6O2/c27-16-24(35)34-10-2-1-3-18-4-5-20(15-23(18)34)30-25-22(28)17-29-26(32-25)31-19-6-8-21(9-7-19)33-11-13-36-14-12-33/h4-9,15,17H,1-3,10-14,16H2,(H2,29,30,31,32). The summed E-state index contributed by atoms with van der Waals surface area (Å²) in [4.78, 5) is 24.8. The number of ether oxygens (including phenoxy) is 1. The van der Waals surface area contributed by atoms with Crippen molar-refractivity contribution in [1.82, 2.24) is 9.97 Å². The van der Waals surface area contributed by atoms with Crippen LogP contribution in [0.3, 0.4) is 0 Å². The largest absolute Gasteiger partial charge is 0.378 e. The molecule has 2 aliphatic rings. The lowest BCUT2D eigenvalue weighted by Crippen LogP contribution is -2.36. The number of carbonyl (C=O) groups is 1. The highest BCUT2D eigenvalue weighted by Gasteiger charge is 2.21. The zero-order chi connectivity index (χ0) is 24.9. The Morgan fingerprint density at radius 2 is 1.81 bits per heavy atom. The Morgan fingerprint density at radius 3 is 2.58 bits per heavy atom. The number of hydrogen-bond acceptors (Lipinski definition) is 7. The Labute approximate surface area is 214 Å². The van der Waals surface area contributed by atoms with E-state index in [1.807, 2.05) is 42.5 Å². The van der Waals surface area contributed by atoms with Gasteiger partial charge in [0, 0.05) is 42.4 Å². The predicted octanol–water partition coefficient (Wildman–Crippen LogP) is 4.85. The Kier molecular flexibility index (Phi) is 7.48. The fraction of sp³-hybridized carbons (Fsp3) is 0.346. The van der Waals surface area contributed by atoms with Crippen LogP contribution in [-0.4, -0.2) is 54.6 Å². The second kappa shape index (κ2) is 11.1. The number of aryl methyl sites for hydroxylation is 1. The first-order chi connectivity index (χ1) is 17.6. The van der Waals surface area contributed by atoms with Crippen molar-refractivity contribution in [3.05, 3.63) is 60.0 Å². The van der Waals surface area contributed by atoms with Gasteiger partial charge in [0.25, 0.3) is 0 Å². The lowest BCUT2D eigenvalue weighted by Gasteiger charge is -2.28. The number of nitrogens with zero attached hydrogens (tertiary/aromatic N) is 4. The molecule has 2 aromatic carbocycles. The minimum atomic E-state index is -0.577. The van der Waals surface area contributed by atoms with Crippen molar-refractivity contribution in [2.45, 2.75) is 19.3 Å². The molecule has 0 atom stereocenters. The van der Waals surface area contributed by atoms with Crippen molar-refractivity contribution >= 4 is 52.0 Å². The van der Waals surface area contributed by atoms with E-state index in [4.69, 9.17) is 16.3 Å². The van der Waals surface area contributed by atoms with Gasteiger partial charge in [-0.05, 0) is 61.2 Å². The van der Waals surface area contributed by atoms with Gasteiger partial charge >= 0.3 is 0 Å². The lowest BCUT2D eigenvalue weighted by molar-refractivity contribution is -0.116. The average Bonchev–Trinajstić information content (AvgIpc) is 3.13. The van der Waals surface area contributed by atoms with E-state index in [1.54, 1.807) is 4.90 Å². The third-order valence-electron chi connectivity index (χ3n) is 6.38. The monoisotopic (exact) mass is 510 g/mol. The van der Waals surface area contributed by atoms with E-state index in [0.717, 1.165) is 74.4 Å². The molecular formula is C26H28ClFN6O2. The number of anilines is 6. The summed E-state index contributed by atoms with van der Waals surface area (Å²) >= 11 is 5.84. The first kappa shape index (κ1) is 24.3. The number of benzene rings is 2. The summed E-state index contributed by atoms with van der Waals surface area (Å²) < 4.78 is 20.0. The number of aromatic nitrogens is 2. The normalized spacial score (nSPS) is 15.7. The SMILES string of the molecule is O=C(CCl)N1CCCCc2ccc(Nc3nc(Nc4ccc(N5CCOCC5)cc4)ncc3F)cc21. The molecule has 2 N–H and O–H groups in total. The van der Waals surface area contributed by atoms with Crippen LogP contribution in [0.15, 0.2) is 48.7 Å². The van der Waals surface area contributed by atoms with Crippen LogP contribution in [0.2, 0.25) is 0 Å². The van der Waals surface area contributed by atoms with Gasteiger partial charge in [0.15, 0.2) is 11.6 Å². The smallest absolute Gasteiger partial charge is 0.241 e. The molecule has 1 aromatic heterocycles. The first-order valence-electron chi connectivity index (χ1n) is 12.1. The molecule has 188 valence electrons. The number of carbonyl (C=O) groups excluding carboxylic acids is 1. The molecule has 36 heavy (non-hydrogen) atoms. The van der Waals surface area contributed by atoms with Gasteiger partial charge in [0.05, 0.1) is 19.4 Å². The van der Waals surface area contributed by atoms with Gasteiger partial charge in [0.1, 0.15) is 5.88 Å². The number of halogens is 2. The molecule has 5 rings (SSSR count). The van der Waals surface area contributed by atoms with Gasteiger partial charge in [0.2, 0.25) is 11.9 Å². The Hall–Kier alpha value is -3.43. The molecule has 1 fully saturated rings. The highest BCUT2D eigenvalue weighted by molar-refractivity contribution is 6.29. The Morgan fingerprint density at radius 1 is 1.03 bits per heavy atom. The maximum absolute atomic E-state index is 14.6. The van der Waals surface area contributed by atoms with E-state index in [-0.39, 0.29) is 23.6 Å². The highest BCUT2D eigenvalue weighted by atomic mass is 35.5. The summed E-state index contributed by atoms with van der Waals surface area (Å²) in [7, 11) is 0. The predicted molar refractivity (Wildman–Crippen MR) is 140 cm³/mol. The molecule has 3 heterocycles. The maximum atomic E-state index is 14.6. The van der Waals surface area contributed by atoms with Crippen molar-refractivity contribution < 1.29 is 13.9 Å². The molecule has 0 spiro atoms. The number of amides is 1. The molecular weight excluding hydrogens is 483 g/mol. The number of hydrogen-bond donors (Lipinski definition) is 2. The lowest BCUT2D eigenvalue weighted by atomic mass is 10.1. The van der Waals surface area contributed by atoms with Crippen molar-refractivity contribution in [1.29, 1.82) is 0 Å². The molecule has 1 amide bonds. The van der Waals surface area contributed by atoms with Crippen LogP contribution in [0.25, 0.3) is 0 Å². The number of nitrogens with one attached hydrogen (secondary N) is 2. The molecule has 8 nitrogen and oxygen atoms in total. The summed E-state index contributed by atoms with van der Waals surface area (Å²) in [6.07, 6.45) is 3.91. The molecule has 3 aromatic rings. The van der Waals surface area contributed by atoms with Gasteiger partial charge in [-0.15, -0.1) is 11.6 Å². The second-order valence-electron chi connectivity index (χ2n) is 8.77. The fourth-order valence-electron chi connectivity index (χ4n) is 4.50. The zero-order valence-corrected chi connectivity index (χ0v) is 20.6. The molecule has 1 saturated heterocycles. The quantitative estimate of drug-likeness (QED) is 0.459. The van der Waals surface area contributed by atoms with Gasteiger partial charge in [-0.25, -0.2) is 9.37 Å². The summed E-state index contributed by atoms with van der Waals surface area (Å²) in [6, 6.07) is 13.6. The summed E-state index contributed by atoms with van der Waals surface area (Å²) in [5.74, 6) is -0.490. The van der Waals surface area contributed by atoms with E-state index in [0.29, 0.717) is 12.2 Å². The van der Waals surface area contributed by atoms with E-state index >= 15 is 0 Å². The van der Waals surface area contributed by atoms with E-state index < -0.39 is 5.82 Å². The molecule has 0 saturated carbocycles. The maximum Gasteiger partial charge on any atom is 0.241 e. The molecule has 0 radical (unpaired) electrons. The van der Waals surface area contributed by atoms with Crippen molar-refractivity contribution in [3.8, 4) is 0 Å². The third-order valence-corrected chi connectivity index (χ3v) is 6.60. The Bertz CT molecular complexity index is 1220. The fourth-order valence-corrected chi connectivity index (χ4v) is 4.64. The number of morpholine rings is 1. The van der Waals surface area contributed by atoms with Crippen LogP contribution in [0, 0.1) is 5.82 Å². The highest BCUT2D eigenvalue weighted by Crippen LogP contribution is 2.31. The summed E-state index contributed by atoms with van der Waals surface area (Å²) in [5, 5.41) is 6.18. The number of rotatable bonds is 6. The van der Waals surface area contributed by atoms with Gasteiger partial charge in [-0.1, -0.05) is 6.07 Å². The number of fused-ring (bicyclic) bond motifs is 1. The van der Waals surface area contributed by atoms with Crippen LogP contribution in [0.5, 0.6) is 0 Å². The van der Waals surface area contributed by atoms with Crippen molar-refractivity contribution in [3.63, 3.8) is 0 Å². The summed E-state index contributed by atoms with van der Waals surface area (Å²) in [5.41, 5.74) is 4.42. The van der Waals surface area contributed by atoms with E-state index in [1.165, 1.54) is 0 Å². The Balaban J connectivity index is 1.32. The van der Waals surface area contributed by atoms with Gasteiger partial charge in [-0.2, -0.15) is 4.98 Å². The minimum Gasteiger partial charge on any atom is -0.378 e. The number of alkyl halides is 1. The van der Waals surface area contributed by atoms with Crippen LogP contribution in [0.4, 0.5) is 38.9 Å². The van der Waals surface area contributed by atoms with Crippen molar-refractivity contribution in [2.24, 2.45) is 0 Å². The first-order valence-corrected chi connectivity index (χ1v) is 12.6. The second-order valence-corrected chi connectivity index (χ2v) is 9.03. The third kappa shape index (κ3) is 5.52. The van der Waals surface area contributed by atoms with E-state index in [2.05, 4.69) is 25.5 Å². The van der Waals surface area contributed by atoms with Crippen LogP contribution in [-0.2, 0) is 16.0 Å². The topological polar surface area (TPSA) is 82.6 Å². The average molecular weight is 511 g/mol. The molecule has 0 aliphatic carbocycles. The van der Waals surface area contributed by atoms with Gasteiger partial charge < -0.3 is 25.2 Å². The van der Waals surface area contributed by atoms with Crippen LogP contribution < -0.4 is 20.4 Å². The van der Waals surface area contributed by atoms with E-state index in [9.17, 15) is 9.18 Å². The zero-order valence-electron chi connectivity index (χ0n) is 19.8.